The van der Waals surface area contributed by atoms with Crippen LogP contribution in [0.3, 0.4) is 0 Å². The number of nitrogens with two attached hydrogens (primary N) is 1. The summed E-state index contributed by atoms with van der Waals surface area (Å²) in [7, 11) is 4.25. The van der Waals surface area contributed by atoms with E-state index >= 15 is 0 Å². The second-order valence-electron chi connectivity index (χ2n) is 6.03. The average molecular weight is 263 g/mol. The van der Waals surface area contributed by atoms with Gasteiger partial charge in [-0.3, -0.25) is 4.90 Å². The predicted molar refractivity (Wildman–Crippen MR) is 84.2 cm³/mol. The zero-order valence-electron chi connectivity index (χ0n) is 13.1. The molecule has 0 spiro atoms. The van der Waals surface area contributed by atoms with Gasteiger partial charge in [0, 0.05) is 31.4 Å². The van der Waals surface area contributed by atoms with E-state index in [0.717, 1.165) is 25.3 Å². The molecule has 0 aliphatic heterocycles. The molecule has 1 aromatic rings. The molecule has 3 heteroatoms. The minimum atomic E-state index is 0.433. The number of likely N-dealkylation sites (N-methyl/N-ethyl adjacent to an activating group) is 1. The van der Waals surface area contributed by atoms with Crippen LogP contribution in [0, 0.1) is 5.92 Å². The molecule has 1 unspecified atom stereocenters. The zero-order chi connectivity index (χ0) is 14.4. The Hall–Kier alpha value is -1.06. The van der Waals surface area contributed by atoms with Crippen molar-refractivity contribution in [2.75, 3.05) is 39.5 Å². The number of nitrogen functional groups attached to an aromatic ring is 1. The van der Waals surface area contributed by atoms with Gasteiger partial charge in [0.15, 0.2) is 0 Å². The Morgan fingerprint density at radius 1 is 1.00 bits per heavy atom. The smallest absolute Gasteiger partial charge is 0.0320 e. The number of anilines is 1. The molecule has 3 nitrogen and oxygen atoms in total. The van der Waals surface area contributed by atoms with E-state index in [1.165, 1.54) is 5.56 Å². The molecule has 0 saturated carbocycles. The van der Waals surface area contributed by atoms with Gasteiger partial charge in [-0.15, -0.1) is 0 Å². The molecule has 0 aliphatic rings. The molecule has 1 atom stereocenters. The van der Waals surface area contributed by atoms with Crippen LogP contribution in [-0.2, 0) is 0 Å². The SMILES string of the molecule is CC(C)CN(CCN(C)C)C(C)c1ccc(N)cc1. The Kier molecular flexibility index (Phi) is 6.32. The van der Waals surface area contributed by atoms with Crippen molar-refractivity contribution in [2.45, 2.75) is 26.8 Å². The fourth-order valence-corrected chi connectivity index (χ4v) is 2.23. The molecule has 108 valence electrons. The highest BCUT2D eigenvalue weighted by Crippen LogP contribution is 2.22. The molecule has 0 fully saturated rings. The minimum absolute atomic E-state index is 0.433. The van der Waals surface area contributed by atoms with Gasteiger partial charge in [-0.05, 0) is 44.6 Å². The van der Waals surface area contributed by atoms with E-state index in [4.69, 9.17) is 5.73 Å². The van der Waals surface area contributed by atoms with Gasteiger partial charge in [0.2, 0.25) is 0 Å². The van der Waals surface area contributed by atoms with Crippen LogP contribution >= 0.6 is 0 Å². The van der Waals surface area contributed by atoms with Crippen LogP contribution in [0.5, 0.6) is 0 Å². The molecule has 19 heavy (non-hydrogen) atoms. The Morgan fingerprint density at radius 3 is 2.05 bits per heavy atom. The summed E-state index contributed by atoms with van der Waals surface area (Å²) in [5, 5.41) is 0. The molecule has 0 amide bonds. The molecule has 0 aromatic heterocycles. The maximum absolute atomic E-state index is 5.76. The zero-order valence-corrected chi connectivity index (χ0v) is 13.1. The van der Waals surface area contributed by atoms with E-state index in [9.17, 15) is 0 Å². The van der Waals surface area contributed by atoms with E-state index in [1.807, 2.05) is 12.1 Å². The van der Waals surface area contributed by atoms with Crippen LogP contribution in [0.15, 0.2) is 24.3 Å². The van der Waals surface area contributed by atoms with E-state index < -0.39 is 0 Å². The van der Waals surface area contributed by atoms with Crippen molar-refractivity contribution in [1.82, 2.24) is 9.80 Å². The number of hydrogen-bond acceptors (Lipinski definition) is 3. The summed E-state index contributed by atoms with van der Waals surface area (Å²) in [6, 6.07) is 8.70. The monoisotopic (exact) mass is 263 g/mol. The maximum Gasteiger partial charge on any atom is 0.0320 e. The average Bonchev–Trinajstić information content (AvgIpc) is 2.34. The van der Waals surface area contributed by atoms with Crippen LogP contribution in [-0.4, -0.2) is 43.5 Å². The van der Waals surface area contributed by atoms with Gasteiger partial charge in [0.1, 0.15) is 0 Å². The summed E-state index contributed by atoms with van der Waals surface area (Å²) >= 11 is 0. The second kappa shape index (κ2) is 7.51. The van der Waals surface area contributed by atoms with Gasteiger partial charge in [-0.25, -0.2) is 0 Å². The molecular weight excluding hydrogens is 234 g/mol. The van der Waals surface area contributed by atoms with Gasteiger partial charge in [-0.1, -0.05) is 26.0 Å². The van der Waals surface area contributed by atoms with E-state index in [0.29, 0.717) is 12.0 Å². The maximum atomic E-state index is 5.76. The van der Waals surface area contributed by atoms with Crippen molar-refractivity contribution in [3.05, 3.63) is 29.8 Å². The van der Waals surface area contributed by atoms with Crippen molar-refractivity contribution in [3.8, 4) is 0 Å². The van der Waals surface area contributed by atoms with Crippen molar-refractivity contribution < 1.29 is 0 Å². The standard InChI is InChI=1S/C16H29N3/c1-13(2)12-19(11-10-18(4)5)14(3)15-6-8-16(17)9-7-15/h6-9,13-14H,10-12,17H2,1-5H3. The van der Waals surface area contributed by atoms with Crippen molar-refractivity contribution >= 4 is 5.69 Å². The summed E-state index contributed by atoms with van der Waals surface area (Å²) in [5.74, 6) is 0.679. The Bertz CT molecular complexity index is 357. The summed E-state index contributed by atoms with van der Waals surface area (Å²) in [6.45, 7) is 10.1. The largest absolute Gasteiger partial charge is 0.399 e. The van der Waals surface area contributed by atoms with Crippen LogP contribution in [0.25, 0.3) is 0 Å². The first-order valence-corrected chi connectivity index (χ1v) is 7.14. The molecule has 0 aliphatic carbocycles. The van der Waals surface area contributed by atoms with Crippen LogP contribution in [0.2, 0.25) is 0 Å². The van der Waals surface area contributed by atoms with Gasteiger partial charge in [0.05, 0.1) is 0 Å². The lowest BCUT2D eigenvalue weighted by atomic mass is 10.0. The Labute approximate surface area is 118 Å². The van der Waals surface area contributed by atoms with Gasteiger partial charge in [0.25, 0.3) is 0 Å². The van der Waals surface area contributed by atoms with Crippen LogP contribution < -0.4 is 5.73 Å². The summed E-state index contributed by atoms with van der Waals surface area (Å²) in [4.78, 5) is 4.79. The van der Waals surface area contributed by atoms with Gasteiger partial charge in [-0.2, -0.15) is 0 Å². The van der Waals surface area contributed by atoms with Gasteiger partial charge >= 0.3 is 0 Å². The van der Waals surface area contributed by atoms with Crippen molar-refractivity contribution in [3.63, 3.8) is 0 Å². The molecule has 0 saturated heterocycles. The second-order valence-corrected chi connectivity index (χ2v) is 6.03. The van der Waals surface area contributed by atoms with Gasteiger partial charge < -0.3 is 10.6 Å². The first kappa shape index (κ1) is 16.0. The highest BCUT2D eigenvalue weighted by atomic mass is 15.2. The third-order valence-electron chi connectivity index (χ3n) is 3.40. The van der Waals surface area contributed by atoms with Crippen LogP contribution in [0.4, 0.5) is 5.69 Å². The predicted octanol–water partition coefficient (Wildman–Crippen LogP) is 2.85. The first-order valence-electron chi connectivity index (χ1n) is 7.14. The van der Waals surface area contributed by atoms with Crippen molar-refractivity contribution in [1.29, 1.82) is 0 Å². The number of nitrogens with zero attached hydrogens (tertiary/aromatic N) is 2. The molecule has 1 rings (SSSR count). The Morgan fingerprint density at radius 2 is 1.58 bits per heavy atom. The fraction of sp³-hybridized carbons (Fsp3) is 0.625. The van der Waals surface area contributed by atoms with E-state index in [2.05, 4.69) is 56.8 Å². The third-order valence-corrected chi connectivity index (χ3v) is 3.40. The lowest BCUT2D eigenvalue weighted by Crippen LogP contribution is -2.36. The van der Waals surface area contributed by atoms with Crippen molar-refractivity contribution in [2.24, 2.45) is 5.92 Å². The number of benzene rings is 1. The molecular formula is C16H29N3. The molecule has 2 N–H and O–H groups in total. The summed E-state index contributed by atoms with van der Waals surface area (Å²) in [6.07, 6.45) is 0. The molecule has 0 heterocycles. The summed E-state index contributed by atoms with van der Waals surface area (Å²) in [5.41, 5.74) is 7.94. The minimum Gasteiger partial charge on any atom is -0.399 e. The number of hydrogen-bond donors (Lipinski definition) is 1. The fourth-order valence-electron chi connectivity index (χ4n) is 2.23. The Balaban J connectivity index is 2.74. The van der Waals surface area contributed by atoms with E-state index in [-0.39, 0.29) is 0 Å². The lowest BCUT2D eigenvalue weighted by Gasteiger charge is -2.32. The topological polar surface area (TPSA) is 32.5 Å². The first-order chi connectivity index (χ1) is 8.90. The quantitative estimate of drug-likeness (QED) is 0.768. The lowest BCUT2D eigenvalue weighted by molar-refractivity contribution is 0.170. The molecule has 1 aromatic carbocycles. The van der Waals surface area contributed by atoms with E-state index in [1.54, 1.807) is 0 Å². The van der Waals surface area contributed by atoms with Crippen LogP contribution in [0.1, 0.15) is 32.4 Å². The summed E-state index contributed by atoms with van der Waals surface area (Å²) < 4.78 is 0. The highest BCUT2D eigenvalue weighted by molar-refractivity contribution is 5.40. The number of rotatable bonds is 7. The molecule has 0 radical (unpaired) electrons. The highest BCUT2D eigenvalue weighted by Gasteiger charge is 2.16. The third kappa shape index (κ3) is 5.62. The molecule has 0 bridgehead atoms. The normalized spacial score (nSPS) is 13.5.